The summed E-state index contributed by atoms with van der Waals surface area (Å²) in [5, 5.41) is 3.42. The number of hydrogen-bond donors (Lipinski definition) is 1. The normalized spacial score (nSPS) is 18.7. The van der Waals surface area contributed by atoms with E-state index in [1.165, 1.54) is 6.42 Å². The second kappa shape index (κ2) is 10.1. The van der Waals surface area contributed by atoms with E-state index in [2.05, 4.69) is 15.1 Å². The highest BCUT2D eigenvalue weighted by Gasteiger charge is 2.23. The topological polar surface area (TPSA) is 65.1 Å². The monoisotopic (exact) mass is 408 g/mol. The van der Waals surface area contributed by atoms with Crippen LogP contribution in [0.4, 0.5) is 5.69 Å². The molecule has 8 heteroatoms. The van der Waals surface area contributed by atoms with Crippen LogP contribution >= 0.6 is 11.6 Å². The van der Waals surface area contributed by atoms with E-state index in [9.17, 15) is 9.59 Å². The molecule has 0 radical (unpaired) electrons. The van der Waals surface area contributed by atoms with Crippen molar-refractivity contribution >= 4 is 29.1 Å². The standard InChI is InChI=1S/C20H29ClN4O3/c1-28-18-6-5-16(21)13-17(18)22-19(26)14-23-9-11-24(12-10-23)15-20(27)25-7-3-2-4-8-25/h5-6,13H,2-4,7-12,14-15H2,1H3,(H,22,26). The molecule has 2 aliphatic rings. The van der Waals surface area contributed by atoms with Crippen LogP contribution in [0.3, 0.4) is 0 Å². The number of rotatable bonds is 6. The Labute approximate surface area is 171 Å². The van der Waals surface area contributed by atoms with Gasteiger partial charge in [0.15, 0.2) is 0 Å². The molecule has 2 aliphatic heterocycles. The second-order valence-electron chi connectivity index (χ2n) is 7.39. The van der Waals surface area contributed by atoms with Crippen molar-refractivity contribution in [3.8, 4) is 5.75 Å². The Balaban J connectivity index is 1.42. The van der Waals surface area contributed by atoms with Gasteiger partial charge in [-0.2, -0.15) is 0 Å². The van der Waals surface area contributed by atoms with Gasteiger partial charge in [-0.05, 0) is 37.5 Å². The fourth-order valence-corrected chi connectivity index (χ4v) is 3.88. The number of hydrogen-bond acceptors (Lipinski definition) is 5. The zero-order chi connectivity index (χ0) is 19.9. The van der Waals surface area contributed by atoms with Gasteiger partial charge in [0.2, 0.25) is 11.8 Å². The second-order valence-corrected chi connectivity index (χ2v) is 7.82. The lowest BCUT2D eigenvalue weighted by atomic mass is 10.1. The summed E-state index contributed by atoms with van der Waals surface area (Å²) in [5.41, 5.74) is 0.575. The van der Waals surface area contributed by atoms with Crippen molar-refractivity contribution in [2.24, 2.45) is 0 Å². The molecule has 0 unspecified atom stereocenters. The summed E-state index contributed by atoms with van der Waals surface area (Å²) >= 11 is 6.01. The molecule has 0 aromatic heterocycles. The maximum Gasteiger partial charge on any atom is 0.238 e. The van der Waals surface area contributed by atoms with Crippen LogP contribution < -0.4 is 10.1 Å². The van der Waals surface area contributed by atoms with Crippen LogP contribution in [0.1, 0.15) is 19.3 Å². The molecule has 1 aromatic rings. The van der Waals surface area contributed by atoms with E-state index < -0.39 is 0 Å². The first-order chi connectivity index (χ1) is 13.5. The highest BCUT2D eigenvalue weighted by molar-refractivity contribution is 6.31. The molecule has 28 heavy (non-hydrogen) atoms. The average molecular weight is 409 g/mol. The van der Waals surface area contributed by atoms with Gasteiger partial charge in [0.05, 0.1) is 25.9 Å². The maximum absolute atomic E-state index is 12.4. The molecule has 2 heterocycles. The smallest absolute Gasteiger partial charge is 0.238 e. The number of amides is 2. The number of piperazine rings is 1. The minimum Gasteiger partial charge on any atom is -0.495 e. The van der Waals surface area contributed by atoms with Gasteiger partial charge in [-0.25, -0.2) is 0 Å². The van der Waals surface area contributed by atoms with Crippen LogP contribution in [-0.4, -0.2) is 86.0 Å². The SMILES string of the molecule is COc1ccc(Cl)cc1NC(=O)CN1CCN(CC(=O)N2CCCCC2)CC1. The van der Waals surface area contributed by atoms with Gasteiger partial charge in [0.1, 0.15) is 5.75 Å². The predicted octanol–water partition coefficient (Wildman–Crippen LogP) is 1.92. The molecule has 154 valence electrons. The van der Waals surface area contributed by atoms with E-state index in [0.717, 1.165) is 52.1 Å². The van der Waals surface area contributed by atoms with Crippen molar-refractivity contribution < 1.29 is 14.3 Å². The molecule has 0 bridgehead atoms. The van der Waals surface area contributed by atoms with E-state index in [-0.39, 0.29) is 11.8 Å². The number of nitrogens with zero attached hydrogens (tertiary/aromatic N) is 3. The molecule has 2 saturated heterocycles. The summed E-state index contributed by atoms with van der Waals surface area (Å²) in [4.78, 5) is 31.1. The minimum atomic E-state index is -0.0987. The highest BCUT2D eigenvalue weighted by atomic mass is 35.5. The van der Waals surface area contributed by atoms with E-state index in [4.69, 9.17) is 16.3 Å². The number of likely N-dealkylation sites (tertiary alicyclic amines) is 1. The molecule has 2 fully saturated rings. The van der Waals surface area contributed by atoms with E-state index >= 15 is 0 Å². The minimum absolute atomic E-state index is 0.0987. The third-order valence-electron chi connectivity index (χ3n) is 5.34. The van der Waals surface area contributed by atoms with Crippen LogP contribution in [0.15, 0.2) is 18.2 Å². The average Bonchev–Trinajstić information content (AvgIpc) is 2.70. The highest BCUT2D eigenvalue weighted by Crippen LogP contribution is 2.27. The summed E-state index contributed by atoms with van der Waals surface area (Å²) in [7, 11) is 1.56. The van der Waals surface area contributed by atoms with Gasteiger partial charge in [-0.15, -0.1) is 0 Å². The van der Waals surface area contributed by atoms with E-state index in [0.29, 0.717) is 29.5 Å². The van der Waals surface area contributed by atoms with Crippen molar-refractivity contribution in [2.75, 3.05) is 64.8 Å². The van der Waals surface area contributed by atoms with Gasteiger partial charge >= 0.3 is 0 Å². The van der Waals surface area contributed by atoms with Crippen LogP contribution in [0.2, 0.25) is 5.02 Å². The first kappa shape index (κ1) is 20.9. The molecule has 1 aromatic carbocycles. The molecule has 0 atom stereocenters. The predicted molar refractivity (Wildman–Crippen MR) is 110 cm³/mol. The number of methoxy groups -OCH3 is 1. The number of piperidine rings is 1. The van der Waals surface area contributed by atoms with Crippen molar-refractivity contribution in [1.82, 2.24) is 14.7 Å². The van der Waals surface area contributed by atoms with Gasteiger partial charge < -0.3 is 15.0 Å². The Morgan fingerprint density at radius 3 is 2.29 bits per heavy atom. The Kier molecular flexibility index (Phi) is 7.53. The number of ether oxygens (including phenoxy) is 1. The van der Waals surface area contributed by atoms with Crippen LogP contribution in [0.5, 0.6) is 5.75 Å². The summed E-state index contributed by atoms with van der Waals surface area (Å²) in [6, 6.07) is 5.14. The fourth-order valence-electron chi connectivity index (χ4n) is 3.71. The van der Waals surface area contributed by atoms with Crippen LogP contribution in [0, 0.1) is 0 Å². The lowest BCUT2D eigenvalue weighted by Crippen LogP contribution is -2.51. The van der Waals surface area contributed by atoms with Gasteiger partial charge in [0.25, 0.3) is 0 Å². The van der Waals surface area contributed by atoms with Crippen LogP contribution in [0.25, 0.3) is 0 Å². The van der Waals surface area contributed by atoms with Gasteiger partial charge in [-0.3, -0.25) is 19.4 Å². The summed E-state index contributed by atoms with van der Waals surface area (Å²) in [6.45, 7) is 5.72. The lowest BCUT2D eigenvalue weighted by Gasteiger charge is -2.35. The van der Waals surface area contributed by atoms with Crippen molar-refractivity contribution in [2.45, 2.75) is 19.3 Å². The van der Waals surface area contributed by atoms with Crippen molar-refractivity contribution in [3.05, 3.63) is 23.2 Å². The zero-order valence-electron chi connectivity index (χ0n) is 16.5. The summed E-state index contributed by atoms with van der Waals surface area (Å²) in [6.07, 6.45) is 3.46. The molecular weight excluding hydrogens is 380 g/mol. The first-order valence-electron chi connectivity index (χ1n) is 9.91. The van der Waals surface area contributed by atoms with Crippen LogP contribution in [-0.2, 0) is 9.59 Å². The summed E-state index contributed by atoms with van der Waals surface area (Å²) in [5.74, 6) is 0.719. The van der Waals surface area contributed by atoms with Crippen molar-refractivity contribution in [3.63, 3.8) is 0 Å². The number of anilines is 1. The quantitative estimate of drug-likeness (QED) is 0.779. The molecule has 0 spiro atoms. The first-order valence-corrected chi connectivity index (χ1v) is 10.3. The largest absolute Gasteiger partial charge is 0.495 e. The van der Waals surface area contributed by atoms with Gasteiger partial charge in [0, 0.05) is 44.3 Å². The Morgan fingerprint density at radius 1 is 1.00 bits per heavy atom. The molecule has 2 amide bonds. The molecular formula is C20H29ClN4O3. The fraction of sp³-hybridized carbons (Fsp3) is 0.600. The molecule has 1 N–H and O–H groups in total. The Bertz CT molecular complexity index is 686. The maximum atomic E-state index is 12.4. The molecule has 3 rings (SSSR count). The zero-order valence-corrected chi connectivity index (χ0v) is 17.2. The van der Waals surface area contributed by atoms with E-state index in [1.807, 2.05) is 4.90 Å². The Morgan fingerprint density at radius 2 is 1.64 bits per heavy atom. The Hall–Kier alpha value is -1.83. The molecule has 7 nitrogen and oxygen atoms in total. The van der Waals surface area contributed by atoms with E-state index in [1.54, 1.807) is 25.3 Å². The number of carbonyl (C=O) groups excluding carboxylic acids is 2. The van der Waals surface area contributed by atoms with Gasteiger partial charge in [-0.1, -0.05) is 11.6 Å². The number of benzene rings is 1. The third kappa shape index (κ3) is 5.83. The molecule has 0 saturated carbocycles. The number of carbonyl (C=O) groups is 2. The summed E-state index contributed by atoms with van der Waals surface area (Å²) < 4.78 is 5.26. The van der Waals surface area contributed by atoms with Crippen molar-refractivity contribution in [1.29, 1.82) is 0 Å². The lowest BCUT2D eigenvalue weighted by molar-refractivity contribution is -0.134. The molecule has 0 aliphatic carbocycles. The number of halogens is 1. The third-order valence-corrected chi connectivity index (χ3v) is 5.57. The number of nitrogens with one attached hydrogen (secondary N) is 1.